The summed E-state index contributed by atoms with van der Waals surface area (Å²) in [7, 11) is 0. The molecule has 0 spiro atoms. The summed E-state index contributed by atoms with van der Waals surface area (Å²) < 4.78 is 49.3. The minimum absolute atomic E-state index is 0.0326. The van der Waals surface area contributed by atoms with Gasteiger partial charge in [0.2, 0.25) is 5.91 Å². The van der Waals surface area contributed by atoms with E-state index in [4.69, 9.17) is 15.2 Å². The predicted molar refractivity (Wildman–Crippen MR) is 83.1 cm³/mol. The summed E-state index contributed by atoms with van der Waals surface area (Å²) in [5, 5.41) is 2.37. The van der Waals surface area contributed by atoms with E-state index >= 15 is 0 Å². The number of nitrogens with zero attached hydrogens (tertiary/aromatic N) is 1. The van der Waals surface area contributed by atoms with Gasteiger partial charge in [0.15, 0.2) is 11.5 Å². The van der Waals surface area contributed by atoms with Gasteiger partial charge in [-0.1, -0.05) is 0 Å². The van der Waals surface area contributed by atoms with Crippen LogP contribution in [0.4, 0.5) is 18.9 Å². The Bertz CT molecular complexity index is 884. The van der Waals surface area contributed by atoms with Gasteiger partial charge in [-0.25, -0.2) is 4.98 Å². The van der Waals surface area contributed by atoms with Crippen molar-refractivity contribution in [1.82, 2.24) is 4.98 Å². The van der Waals surface area contributed by atoms with Crippen LogP contribution in [0, 0.1) is 0 Å². The molecule has 0 radical (unpaired) electrons. The second-order valence-corrected chi connectivity index (χ2v) is 5.29. The Morgan fingerprint density at radius 3 is 2.46 bits per heavy atom. The zero-order valence-corrected chi connectivity index (χ0v) is 13.1. The van der Waals surface area contributed by atoms with Crippen LogP contribution in [0.1, 0.15) is 26.4 Å². The number of amides is 2. The zero-order chi connectivity index (χ0) is 18.9. The van der Waals surface area contributed by atoms with E-state index in [9.17, 15) is 22.8 Å². The molecule has 1 aromatic heterocycles. The van der Waals surface area contributed by atoms with Gasteiger partial charge in [0.1, 0.15) is 18.9 Å². The molecule has 0 aliphatic carbocycles. The number of hydrogen-bond acceptors (Lipinski definition) is 5. The van der Waals surface area contributed by atoms with Gasteiger partial charge in [-0.05, 0) is 18.2 Å². The lowest BCUT2D eigenvalue weighted by Crippen LogP contribution is -2.21. The van der Waals surface area contributed by atoms with Crippen molar-refractivity contribution in [3.63, 3.8) is 0 Å². The first-order valence-electron chi connectivity index (χ1n) is 7.34. The van der Waals surface area contributed by atoms with Crippen LogP contribution in [0.15, 0.2) is 30.5 Å². The summed E-state index contributed by atoms with van der Waals surface area (Å²) in [4.78, 5) is 27.5. The zero-order valence-electron chi connectivity index (χ0n) is 13.1. The molecule has 0 unspecified atom stereocenters. The smallest absolute Gasteiger partial charge is 0.417 e. The van der Waals surface area contributed by atoms with Gasteiger partial charge in [0, 0.05) is 11.8 Å². The maximum absolute atomic E-state index is 12.9. The van der Waals surface area contributed by atoms with Crippen LogP contribution in [0.5, 0.6) is 11.5 Å². The van der Waals surface area contributed by atoms with E-state index in [2.05, 4.69) is 10.3 Å². The first-order chi connectivity index (χ1) is 12.3. The molecule has 26 heavy (non-hydrogen) atoms. The lowest BCUT2D eigenvalue weighted by atomic mass is 10.1. The monoisotopic (exact) mass is 367 g/mol. The normalized spacial score (nSPS) is 13.2. The molecule has 2 heterocycles. The highest BCUT2D eigenvalue weighted by atomic mass is 19.4. The molecule has 1 aliphatic heterocycles. The highest BCUT2D eigenvalue weighted by molar-refractivity contribution is 6.04. The summed E-state index contributed by atoms with van der Waals surface area (Å²) in [6.45, 7) is 0.681. The van der Waals surface area contributed by atoms with Crippen LogP contribution in [0.25, 0.3) is 0 Å². The molecule has 0 saturated carbocycles. The molecule has 2 aromatic rings. The van der Waals surface area contributed by atoms with Gasteiger partial charge in [-0.2, -0.15) is 13.2 Å². The summed E-state index contributed by atoms with van der Waals surface area (Å²) in [6.07, 6.45) is -3.44. The molecule has 10 heteroatoms. The van der Waals surface area contributed by atoms with E-state index in [1.54, 1.807) is 0 Å². The lowest BCUT2D eigenvalue weighted by Gasteiger charge is -2.18. The molecule has 0 atom stereocenters. The minimum atomic E-state index is -4.75. The summed E-state index contributed by atoms with van der Waals surface area (Å²) in [6, 6.07) is 3.90. The summed E-state index contributed by atoms with van der Waals surface area (Å²) in [5.74, 6) is -1.23. The molecule has 136 valence electrons. The maximum atomic E-state index is 12.9. The van der Waals surface area contributed by atoms with Gasteiger partial charge >= 0.3 is 6.18 Å². The Labute approximate surface area is 144 Å². The highest BCUT2D eigenvalue weighted by Gasteiger charge is 2.35. The van der Waals surface area contributed by atoms with Gasteiger partial charge in [-0.3, -0.25) is 9.59 Å². The number of primary amides is 1. The number of ether oxygens (including phenoxy) is 2. The van der Waals surface area contributed by atoms with Crippen molar-refractivity contribution in [3.8, 4) is 11.5 Å². The number of fused-ring (bicyclic) bond motifs is 1. The van der Waals surface area contributed by atoms with Crippen molar-refractivity contribution in [2.75, 3.05) is 18.5 Å². The third-order valence-corrected chi connectivity index (χ3v) is 3.51. The van der Waals surface area contributed by atoms with E-state index in [-0.39, 0.29) is 11.4 Å². The van der Waals surface area contributed by atoms with Crippen LogP contribution >= 0.6 is 0 Å². The minimum Gasteiger partial charge on any atom is -0.486 e. The topological polar surface area (TPSA) is 104 Å². The van der Waals surface area contributed by atoms with E-state index in [0.29, 0.717) is 30.8 Å². The second kappa shape index (κ2) is 6.54. The van der Waals surface area contributed by atoms with Gasteiger partial charge < -0.3 is 20.5 Å². The summed E-state index contributed by atoms with van der Waals surface area (Å²) >= 11 is 0. The van der Waals surface area contributed by atoms with Crippen molar-refractivity contribution in [3.05, 3.63) is 47.3 Å². The fourth-order valence-corrected chi connectivity index (χ4v) is 2.34. The van der Waals surface area contributed by atoms with E-state index < -0.39 is 29.1 Å². The molecule has 0 bridgehead atoms. The molecule has 7 nitrogen and oxygen atoms in total. The Morgan fingerprint density at radius 2 is 1.81 bits per heavy atom. The quantitative estimate of drug-likeness (QED) is 0.866. The Kier molecular flexibility index (Phi) is 4.41. The molecule has 2 amide bonds. The molecule has 0 fully saturated rings. The third kappa shape index (κ3) is 3.53. The first kappa shape index (κ1) is 17.5. The van der Waals surface area contributed by atoms with Crippen LogP contribution < -0.4 is 20.5 Å². The van der Waals surface area contributed by atoms with Gasteiger partial charge in [0.05, 0.1) is 17.3 Å². The molecule has 1 aromatic carbocycles. The van der Waals surface area contributed by atoms with E-state index in [0.717, 1.165) is 12.1 Å². The standard InChI is InChI=1S/C16H12F3N3O4/c17-16(18,19)10-2-1-8(5-9(10)14(20)23)22-15(24)11-6-12-13(7-21-11)26-4-3-25-12/h1-2,5-7H,3-4H2,(H2,20,23)(H,22,24). The summed E-state index contributed by atoms with van der Waals surface area (Å²) in [5.41, 5.74) is 3.01. The number of alkyl halides is 3. The van der Waals surface area contributed by atoms with E-state index in [1.807, 2.05) is 0 Å². The average Bonchev–Trinajstić information content (AvgIpc) is 2.60. The second-order valence-electron chi connectivity index (χ2n) is 5.29. The lowest BCUT2D eigenvalue weighted by molar-refractivity contribution is -0.137. The number of hydrogen-bond donors (Lipinski definition) is 2. The number of pyridine rings is 1. The third-order valence-electron chi connectivity index (χ3n) is 3.51. The molecule has 0 saturated heterocycles. The predicted octanol–water partition coefficient (Wildman–Crippen LogP) is 2.22. The highest BCUT2D eigenvalue weighted by Crippen LogP contribution is 2.33. The number of carbonyl (C=O) groups excluding carboxylic acids is 2. The number of rotatable bonds is 3. The van der Waals surface area contributed by atoms with Crippen molar-refractivity contribution in [1.29, 1.82) is 0 Å². The SMILES string of the molecule is NC(=O)c1cc(NC(=O)c2cc3c(cn2)OCCO3)ccc1C(F)(F)F. The van der Waals surface area contributed by atoms with Crippen molar-refractivity contribution >= 4 is 17.5 Å². The van der Waals surface area contributed by atoms with Crippen molar-refractivity contribution in [2.24, 2.45) is 5.73 Å². The number of benzene rings is 1. The van der Waals surface area contributed by atoms with Crippen molar-refractivity contribution < 1.29 is 32.2 Å². The van der Waals surface area contributed by atoms with Crippen LogP contribution in [-0.4, -0.2) is 30.0 Å². The largest absolute Gasteiger partial charge is 0.486 e. The van der Waals surface area contributed by atoms with Crippen LogP contribution in [-0.2, 0) is 6.18 Å². The van der Waals surface area contributed by atoms with Gasteiger partial charge in [-0.15, -0.1) is 0 Å². The molecular formula is C16H12F3N3O4. The Morgan fingerprint density at radius 1 is 1.12 bits per heavy atom. The molecule has 3 N–H and O–H groups in total. The Balaban J connectivity index is 1.85. The molecular weight excluding hydrogens is 355 g/mol. The average molecular weight is 367 g/mol. The Hall–Kier alpha value is -3.30. The van der Waals surface area contributed by atoms with Crippen LogP contribution in [0.3, 0.4) is 0 Å². The van der Waals surface area contributed by atoms with E-state index in [1.165, 1.54) is 12.3 Å². The number of anilines is 1. The van der Waals surface area contributed by atoms with Crippen LogP contribution in [0.2, 0.25) is 0 Å². The number of nitrogens with two attached hydrogens (primary N) is 1. The molecule has 3 rings (SSSR count). The number of aromatic nitrogens is 1. The van der Waals surface area contributed by atoms with Crippen molar-refractivity contribution in [2.45, 2.75) is 6.18 Å². The number of carbonyl (C=O) groups is 2. The van der Waals surface area contributed by atoms with Gasteiger partial charge in [0.25, 0.3) is 5.91 Å². The first-order valence-corrected chi connectivity index (χ1v) is 7.34. The maximum Gasteiger partial charge on any atom is 0.417 e. The molecule has 1 aliphatic rings. The number of nitrogens with one attached hydrogen (secondary N) is 1. The fraction of sp³-hybridized carbons (Fsp3) is 0.188. The number of halogens is 3. The fourth-order valence-electron chi connectivity index (χ4n) is 2.34.